The number of rotatable bonds is 9. The topological polar surface area (TPSA) is 83.9 Å². The molecule has 0 saturated heterocycles. The Morgan fingerprint density at radius 2 is 1.72 bits per heavy atom. The fourth-order valence-corrected chi connectivity index (χ4v) is 4.83. The number of carbonyl (C=O) groups excluding carboxylic acids is 2. The van der Waals surface area contributed by atoms with Crippen LogP contribution in [0.3, 0.4) is 0 Å². The van der Waals surface area contributed by atoms with Gasteiger partial charge in [-0.05, 0) is 52.6 Å². The standard InChI is InChI=1S/C28H33F2NO5/c1-28(2,3)26-21(29)13-18(14-22(26)30)15-23(32)27-20-9-8-17(16-36-4)12-19(20)10-11-31(27)24(33)6-5-7-25(34)35/h8-9,12-14,27H,5-7,10-11,15-16H2,1-4H3,(H,34,35)/t27-/m1/s1. The third-order valence-electron chi connectivity index (χ3n) is 6.38. The van der Waals surface area contributed by atoms with Gasteiger partial charge in [0.2, 0.25) is 5.91 Å². The molecule has 2 aromatic rings. The van der Waals surface area contributed by atoms with Gasteiger partial charge in [-0.1, -0.05) is 39.0 Å². The largest absolute Gasteiger partial charge is 0.481 e. The maximum atomic E-state index is 14.8. The van der Waals surface area contributed by atoms with E-state index in [1.54, 1.807) is 33.9 Å². The summed E-state index contributed by atoms with van der Waals surface area (Å²) in [6.07, 6.45) is 0.298. The maximum Gasteiger partial charge on any atom is 0.303 e. The molecule has 0 aromatic heterocycles. The zero-order valence-electron chi connectivity index (χ0n) is 21.2. The Morgan fingerprint density at radius 3 is 2.31 bits per heavy atom. The van der Waals surface area contributed by atoms with Crippen molar-refractivity contribution >= 4 is 17.7 Å². The minimum Gasteiger partial charge on any atom is -0.481 e. The van der Waals surface area contributed by atoms with E-state index in [9.17, 15) is 23.2 Å². The molecule has 1 aliphatic heterocycles. The van der Waals surface area contributed by atoms with Crippen molar-refractivity contribution in [2.75, 3.05) is 13.7 Å². The average molecular weight is 502 g/mol. The Morgan fingerprint density at radius 1 is 1.06 bits per heavy atom. The molecule has 0 bridgehead atoms. The van der Waals surface area contributed by atoms with Crippen LogP contribution in [0.4, 0.5) is 8.78 Å². The van der Waals surface area contributed by atoms with Crippen LogP contribution >= 0.6 is 0 Å². The summed E-state index contributed by atoms with van der Waals surface area (Å²) in [5.41, 5.74) is 1.94. The normalized spacial score (nSPS) is 15.5. The Balaban J connectivity index is 1.93. The van der Waals surface area contributed by atoms with Gasteiger partial charge < -0.3 is 14.7 Å². The number of halogens is 2. The van der Waals surface area contributed by atoms with E-state index in [1.165, 1.54) is 17.0 Å². The number of hydrogen-bond donors (Lipinski definition) is 1. The fourth-order valence-electron chi connectivity index (χ4n) is 4.83. The van der Waals surface area contributed by atoms with Crippen molar-refractivity contribution in [3.8, 4) is 0 Å². The second-order valence-electron chi connectivity index (χ2n) is 10.3. The molecule has 0 saturated carbocycles. The zero-order chi connectivity index (χ0) is 26.6. The van der Waals surface area contributed by atoms with Crippen LogP contribution in [0.5, 0.6) is 0 Å². The second-order valence-corrected chi connectivity index (χ2v) is 10.3. The number of carbonyl (C=O) groups is 3. The molecular weight excluding hydrogens is 468 g/mol. The van der Waals surface area contributed by atoms with Gasteiger partial charge in [-0.2, -0.15) is 0 Å². The maximum absolute atomic E-state index is 14.8. The van der Waals surface area contributed by atoms with E-state index in [0.29, 0.717) is 18.6 Å². The fraction of sp³-hybridized carbons (Fsp3) is 0.464. The Labute approximate surface area is 210 Å². The Hall–Kier alpha value is -3.13. The van der Waals surface area contributed by atoms with E-state index in [2.05, 4.69) is 0 Å². The van der Waals surface area contributed by atoms with Crippen molar-refractivity contribution in [3.63, 3.8) is 0 Å². The van der Waals surface area contributed by atoms with Crippen molar-refractivity contribution in [2.45, 2.75) is 70.9 Å². The van der Waals surface area contributed by atoms with Gasteiger partial charge in [0.15, 0.2) is 5.78 Å². The smallest absolute Gasteiger partial charge is 0.303 e. The van der Waals surface area contributed by atoms with Crippen molar-refractivity contribution < 1.29 is 33.0 Å². The van der Waals surface area contributed by atoms with E-state index < -0.39 is 29.1 Å². The second kappa shape index (κ2) is 11.3. The number of benzene rings is 2. The predicted molar refractivity (Wildman–Crippen MR) is 131 cm³/mol. The highest BCUT2D eigenvalue weighted by atomic mass is 19.1. The summed E-state index contributed by atoms with van der Waals surface area (Å²) in [6.45, 7) is 5.83. The molecule has 0 spiro atoms. The molecule has 0 aliphatic carbocycles. The van der Waals surface area contributed by atoms with Crippen LogP contribution in [0.15, 0.2) is 30.3 Å². The highest BCUT2D eigenvalue weighted by molar-refractivity contribution is 5.92. The van der Waals surface area contributed by atoms with E-state index in [1.807, 2.05) is 12.1 Å². The highest BCUT2D eigenvalue weighted by Gasteiger charge is 2.36. The lowest BCUT2D eigenvalue weighted by molar-refractivity contribution is -0.141. The minimum atomic E-state index is -0.993. The van der Waals surface area contributed by atoms with E-state index in [-0.39, 0.29) is 55.0 Å². The van der Waals surface area contributed by atoms with Crippen LogP contribution in [0.1, 0.15) is 73.9 Å². The molecule has 1 N–H and O–H groups in total. The SMILES string of the molecule is COCc1ccc2c(c1)CCN(C(=O)CCCC(=O)O)[C@H]2C(=O)Cc1cc(F)c(C(C)(C)C)c(F)c1. The number of carboxylic acids is 1. The molecule has 2 aromatic carbocycles. The minimum absolute atomic E-state index is 0.00327. The van der Waals surface area contributed by atoms with E-state index in [0.717, 1.165) is 11.1 Å². The van der Waals surface area contributed by atoms with Crippen LogP contribution in [-0.4, -0.2) is 41.3 Å². The van der Waals surface area contributed by atoms with Gasteiger partial charge in [-0.3, -0.25) is 14.4 Å². The van der Waals surface area contributed by atoms with Gasteiger partial charge in [-0.25, -0.2) is 8.78 Å². The first-order valence-electron chi connectivity index (χ1n) is 12.1. The number of carboxylic acid groups (broad SMARTS) is 1. The van der Waals surface area contributed by atoms with Crippen molar-refractivity contribution in [1.29, 1.82) is 0 Å². The predicted octanol–water partition coefficient (Wildman–Crippen LogP) is 4.90. The number of amides is 1. The summed E-state index contributed by atoms with van der Waals surface area (Å²) in [6, 6.07) is 7.03. The number of fused-ring (bicyclic) bond motifs is 1. The molecule has 0 radical (unpaired) electrons. The Kier molecular flexibility index (Phi) is 8.61. The molecule has 3 rings (SSSR count). The molecule has 1 atom stereocenters. The quantitative estimate of drug-likeness (QED) is 0.528. The number of methoxy groups -OCH3 is 1. The molecular formula is C28H33F2NO5. The van der Waals surface area contributed by atoms with Gasteiger partial charge in [0, 0.05) is 38.5 Å². The molecule has 1 heterocycles. The first kappa shape index (κ1) is 27.5. The number of nitrogens with zero attached hydrogens (tertiary/aromatic N) is 1. The Bertz CT molecular complexity index is 1130. The third kappa shape index (κ3) is 6.35. The lowest BCUT2D eigenvalue weighted by Crippen LogP contribution is -2.44. The highest BCUT2D eigenvalue weighted by Crippen LogP contribution is 2.34. The molecule has 194 valence electrons. The van der Waals surface area contributed by atoms with Crippen LogP contribution < -0.4 is 0 Å². The summed E-state index contributed by atoms with van der Waals surface area (Å²) >= 11 is 0. The van der Waals surface area contributed by atoms with Crippen molar-refractivity contribution in [1.82, 2.24) is 4.90 Å². The molecule has 36 heavy (non-hydrogen) atoms. The van der Waals surface area contributed by atoms with Crippen LogP contribution in [0, 0.1) is 11.6 Å². The number of ketones is 1. The van der Waals surface area contributed by atoms with Crippen LogP contribution in [-0.2, 0) is 44.0 Å². The molecule has 8 heteroatoms. The summed E-state index contributed by atoms with van der Waals surface area (Å²) in [4.78, 5) is 39.0. The third-order valence-corrected chi connectivity index (χ3v) is 6.38. The number of aliphatic carboxylic acids is 1. The van der Waals surface area contributed by atoms with Gasteiger partial charge in [0.05, 0.1) is 6.61 Å². The molecule has 0 unspecified atom stereocenters. The van der Waals surface area contributed by atoms with Crippen molar-refractivity contribution in [2.24, 2.45) is 0 Å². The van der Waals surface area contributed by atoms with Crippen LogP contribution in [0.25, 0.3) is 0 Å². The van der Waals surface area contributed by atoms with E-state index in [4.69, 9.17) is 9.84 Å². The lowest BCUT2D eigenvalue weighted by atomic mass is 9.84. The first-order valence-corrected chi connectivity index (χ1v) is 12.1. The summed E-state index contributed by atoms with van der Waals surface area (Å²) in [7, 11) is 1.59. The van der Waals surface area contributed by atoms with Crippen LogP contribution in [0.2, 0.25) is 0 Å². The van der Waals surface area contributed by atoms with E-state index >= 15 is 0 Å². The number of Topliss-reactive ketones (excluding diaryl/α,β-unsaturated/α-hetero) is 1. The number of hydrogen-bond acceptors (Lipinski definition) is 4. The monoisotopic (exact) mass is 501 g/mol. The van der Waals surface area contributed by atoms with Crippen molar-refractivity contribution in [3.05, 3.63) is 69.8 Å². The zero-order valence-corrected chi connectivity index (χ0v) is 21.2. The first-order chi connectivity index (χ1) is 16.9. The molecule has 0 fully saturated rings. The molecule has 6 nitrogen and oxygen atoms in total. The molecule has 1 aliphatic rings. The summed E-state index contributed by atoms with van der Waals surface area (Å²) in [5, 5.41) is 8.90. The summed E-state index contributed by atoms with van der Waals surface area (Å²) in [5.74, 6) is -3.08. The molecule has 1 amide bonds. The van der Waals surface area contributed by atoms with Gasteiger partial charge in [0.1, 0.15) is 17.7 Å². The number of ether oxygens (including phenoxy) is 1. The summed E-state index contributed by atoms with van der Waals surface area (Å²) < 4.78 is 34.8. The average Bonchev–Trinajstić information content (AvgIpc) is 2.76. The van der Waals surface area contributed by atoms with Gasteiger partial charge in [0.25, 0.3) is 0 Å². The van der Waals surface area contributed by atoms with Gasteiger partial charge in [-0.15, -0.1) is 0 Å². The van der Waals surface area contributed by atoms with Gasteiger partial charge >= 0.3 is 5.97 Å². The lowest BCUT2D eigenvalue weighted by Gasteiger charge is -2.37.